The number of para-hydroxylation sites is 1. The second-order valence-electron chi connectivity index (χ2n) is 6.14. The minimum absolute atomic E-state index is 0.122. The number of benzene rings is 2. The first-order valence-corrected chi connectivity index (χ1v) is 8.44. The summed E-state index contributed by atoms with van der Waals surface area (Å²) in [4.78, 5) is 35.2. The molecule has 1 fully saturated rings. The lowest BCUT2D eigenvalue weighted by atomic mass is 10.1. The van der Waals surface area contributed by atoms with Crippen LogP contribution in [0, 0.1) is 10.1 Å². The van der Waals surface area contributed by atoms with Crippen molar-refractivity contribution in [2.75, 3.05) is 5.01 Å². The monoisotopic (exact) mass is 391 g/mol. The highest BCUT2D eigenvalue weighted by Crippen LogP contribution is 2.34. The molecule has 144 valence electrons. The van der Waals surface area contributed by atoms with Gasteiger partial charge in [-0.15, -0.1) is 0 Å². The number of nitro groups is 1. The van der Waals surface area contributed by atoms with Crippen molar-refractivity contribution in [3.05, 3.63) is 82.1 Å². The Morgan fingerprint density at radius 3 is 2.55 bits per heavy atom. The van der Waals surface area contributed by atoms with E-state index in [2.05, 4.69) is 5.43 Å². The first-order chi connectivity index (χ1) is 13.9. The summed E-state index contributed by atoms with van der Waals surface area (Å²) in [6.07, 6.45) is 1.28. The molecule has 1 saturated heterocycles. The van der Waals surface area contributed by atoms with Gasteiger partial charge in [-0.25, -0.2) is 5.01 Å². The van der Waals surface area contributed by atoms with E-state index in [1.54, 1.807) is 30.3 Å². The van der Waals surface area contributed by atoms with E-state index in [0.29, 0.717) is 5.69 Å². The average molecular weight is 391 g/mol. The summed E-state index contributed by atoms with van der Waals surface area (Å²) < 4.78 is 5.58. The fourth-order valence-electron chi connectivity index (χ4n) is 2.87. The van der Waals surface area contributed by atoms with Crippen LogP contribution < -0.4 is 10.4 Å². The first-order valence-electron chi connectivity index (χ1n) is 8.44. The van der Waals surface area contributed by atoms with Gasteiger partial charge in [0.1, 0.15) is 22.8 Å². The zero-order valence-corrected chi connectivity index (χ0v) is 14.7. The number of hydrogen-bond acceptors (Lipinski definition) is 6. The Morgan fingerprint density at radius 2 is 1.83 bits per heavy atom. The van der Waals surface area contributed by atoms with Gasteiger partial charge in [0.25, 0.3) is 17.5 Å². The van der Waals surface area contributed by atoms with Crippen LogP contribution in [-0.2, 0) is 9.59 Å². The molecule has 0 atom stereocenters. The largest absolute Gasteiger partial charge is 0.507 e. The molecule has 0 aliphatic carbocycles. The lowest BCUT2D eigenvalue weighted by molar-refractivity contribution is -0.384. The Bertz CT molecular complexity index is 1170. The lowest BCUT2D eigenvalue weighted by Gasteiger charge is -2.13. The Labute approximate surface area is 163 Å². The van der Waals surface area contributed by atoms with Crippen molar-refractivity contribution in [1.82, 2.24) is 5.43 Å². The van der Waals surface area contributed by atoms with E-state index >= 15 is 0 Å². The summed E-state index contributed by atoms with van der Waals surface area (Å²) in [5, 5.41) is 22.1. The van der Waals surface area contributed by atoms with Gasteiger partial charge in [0.15, 0.2) is 0 Å². The van der Waals surface area contributed by atoms with Crippen LogP contribution in [-0.4, -0.2) is 21.8 Å². The molecule has 3 aromatic rings. The predicted molar refractivity (Wildman–Crippen MR) is 103 cm³/mol. The molecule has 1 aliphatic rings. The second kappa shape index (κ2) is 6.97. The molecule has 1 aromatic heterocycles. The fourth-order valence-corrected chi connectivity index (χ4v) is 2.87. The topological polar surface area (TPSA) is 126 Å². The number of phenols is 1. The standard InChI is InChI=1S/C20H13N3O6/c24-17-8-6-13(23(27)28)10-15(17)18-9-7-14(29-18)11-16-19(25)21-22(20(16)26)12-4-2-1-3-5-12/h1-11,24H,(H,21,25)/b16-11+. The van der Waals surface area contributed by atoms with Crippen LogP contribution in [0.1, 0.15) is 5.76 Å². The van der Waals surface area contributed by atoms with E-state index in [1.807, 2.05) is 0 Å². The van der Waals surface area contributed by atoms with Crippen molar-refractivity contribution < 1.29 is 24.0 Å². The summed E-state index contributed by atoms with van der Waals surface area (Å²) >= 11 is 0. The number of hydrogen-bond donors (Lipinski definition) is 2. The maximum absolute atomic E-state index is 12.6. The van der Waals surface area contributed by atoms with E-state index in [1.165, 1.54) is 36.4 Å². The van der Waals surface area contributed by atoms with E-state index in [-0.39, 0.29) is 34.1 Å². The summed E-state index contributed by atoms with van der Waals surface area (Å²) in [5.74, 6) is -0.996. The number of nitro benzene ring substituents is 1. The van der Waals surface area contributed by atoms with Crippen molar-refractivity contribution in [3.63, 3.8) is 0 Å². The van der Waals surface area contributed by atoms with Crippen LogP contribution in [0.15, 0.2) is 70.7 Å². The van der Waals surface area contributed by atoms with Gasteiger partial charge in [-0.05, 0) is 36.4 Å². The van der Waals surface area contributed by atoms with Crippen molar-refractivity contribution in [2.24, 2.45) is 0 Å². The van der Waals surface area contributed by atoms with Crippen LogP contribution in [0.5, 0.6) is 5.75 Å². The number of carbonyl (C=O) groups excluding carboxylic acids is 2. The van der Waals surface area contributed by atoms with Gasteiger partial charge in [0.2, 0.25) is 0 Å². The SMILES string of the molecule is O=C1NN(c2ccccc2)C(=O)/C1=C/c1ccc(-c2cc([N+](=O)[O-])ccc2O)o1. The Hall–Kier alpha value is -4.40. The molecule has 2 aromatic carbocycles. The highest BCUT2D eigenvalue weighted by molar-refractivity contribution is 6.31. The molecule has 9 nitrogen and oxygen atoms in total. The van der Waals surface area contributed by atoms with Crippen molar-refractivity contribution in [3.8, 4) is 17.1 Å². The molecule has 0 saturated carbocycles. The molecule has 0 bridgehead atoms. The maximum atomic E-state index is 12.6. The Balaban J connectivity index is 1.65. The molecule has 0 radical (unpaired) electrons. The second-order valence-corrected chi connectivity index (χ2v) is 6.14. The highest BCUT2D eigenvalue weighted by Gasteiger charge is 2.34. The van der Waals surface area contributed by atoms with Crippen LogP contribution in [0.4, 0.5) is 11.4 Å². The van der Waals surface area contributed by atoms with Gasteiger partial charge in [0.05, 0.1) is 16.2 Å². The normalized spacial score (nSPS) is 15.0. The van der Waals surface area contributed by atoms with E-state index < -0.39 is 16.7 Å². The van der Waals surface area contributed by atoms with Crippen LogP contribution in [0.25, 0.3) is 17.4 Å². The highest BCUT2D eigenvalue weighted by atomic mass is 16.6. The van der Waals surface area contributed by atoms with E-state index in [0.717, 1.165) is 5.01 Å². The summed E-state index contributed by atoms with van der Waals surface area (Å²) in [7, 11) is 0. The number of nitrogens with one attached hydrogen (secondary N) is 1. The van der Waals surface area contributed by atoms with Gasteiger partial charge >= 0.3 is 0 Å². The third-order valence-electron chi connectivity index (χ3n) is 4.28. The molecular formula is C20H13N3O6. The Morgan fingerprint density at radius 1 is 1.07 bits per heavy atom. The molecule has 0 unspecified atom stereocenters. The van der Waals surface area contributed by atoms with Crippen LogP contribution in [0.2, 0.25) is 0 Å². The van der Waals surface area contributed by atoms with E-state index in [4.69, 9.17) is 4.42 Å². The number of nitrogens with zero attached hydrogens (tertiary/aromatic N) is 2. The summed E-state index contributed by atoms with van der Waals surface area (Å²) in [5.41, 5.74) is 2.77. The minimum atomic E-state index is -0.589. The molecule has 2 N–H and O–H groups in total. The summed E-state index contributed by atoms with van der Waals surface area (Å²) in [6, 6.07) is 15.1. The van der Waals surface area contributed by atoms with Gasteiger partial charge < -0.3 is 9.52 Å². The molecule has 0 spiro atoms. The number of aromatic hydroxyl groups is 1. The quantitative estimate of drug-likeness (QED) is 0.305. The number of carbonyl (C=O) groups is 2. The van der Waals surface area contributed by atoms with E-state index in [9.17, 15) is 24.8 Å². The van der Waals surface area contributed by atoms with Gasteiger partial charge in [-0.2, -0.15) is 0 Å². The zero-order valence-electron chi connectivity index (χ0n) is 14.7. The minimum Gasteiger partial charge on any atom is -0.507 e. The number of amides is 2. The molecule has 29 heavy (non-hydrogen) atoms. The zero-order chi connectivity index (χ0) is 20.5. The molecule has 2 heterocycles. The number of non-ortho nitro benzene ring substituents is 1. The third-order valence-corrected chi connectivity index (χ3v) is 4.28. The first kappa shape index (κ1) is 18.0. The van der Waals surface area contributed by atoms with Crippen LogP contribution in [0.3, 0.4) is 0 Å². The smallest absolute Gasteiger partial charge is 0.282 e. The molecule has 4 rings (SSSR count). The van der Waals surface area contributed by atoms with Crippen molar-refractivity contribution in [1.29, 1.82) is 0 Å². The average Bonchev–Trinajstić information content (AvgIpc) is 3.29. The molecule has 1 aliphatic heterocycles. The van der Waals surface area contributed by atoms with Gasteiger partial charge in [-0.3, -0.25) is 25.1 Å². The van der Waals surface area contributed by atoms with Gasteiger partial charge in [-0.1, -0.05) is 18.2 Å². The van der Waals surface area contributed by atoms with Crippen LogP contribution >= 0.6 is 0 Å². The molecular weight excluding hydrogens is 378 g/mol. The summed E-state index contributed by atoms with van der Waals surface area (Å²) in [6.45, 7) is 0. The number of furan rings is 1. The third kappa shape index (κ3) is 3.32. The maximum Gasteiger partial charge on any atom is 0.282 e. The molecule has 9 heteroatoms. The fraction of sp³-hybridized carbons (Fsp3) is 0. The number of phenolic OH excluding ortho intramolecular Hbond substituents is 1. The number of hydrazine groups is 1. The van der Waals surface area contributed by atoms with Crippen molar-refractivity contribution >= 4 is 29.3 Å². The Kier molecular flexibility index (Phi) is 4.32. The predicted octanol–water partition coefficient (Wildman–Crippen LogP) is 3.02. The lowest BCUT2D eigenvalue weighted by Crippen LogP contribution is -2.35. The van der Waals surface area contributed by atoms with Crippen molar-refractivity contribution in [2.45, 2.75) is 0 Å². The molecule has 2 amide bonds. The van der Waals surface area contributed by atoms with Gasteiger partial charge in [0, 0.05) is 12.1 Å². The number of anilines is 1. The number of rotatable bonds is 4.